The molecule has 0 saturated carbocycles. The van der Waals surface area contributed by atoms with Crippen molar-refractivity contribution in [2.75, 3.05) is 0 Å². The summed E-state index contributed by atoms with van der Waals surface area (Å²) in [5, 5.41) is 2.45. The number of amides is 1. The highest BCUT2D eigenvalue weighted by molar-refractivity contribution is 7.90. The molecule has 3 aromatic rings. The van der Waals surface area contributed by atoms with Gasteiger partial charge in [0.1, 0.15) is 0 Å². The molecule has 1 N–H and O–H groups in total. The van der Waals surface area contributed by atoms with Crippen LogP contribution in [0.15, 0.2) is 76.2 Å². The Morgan fingerprint density at radius 1 is 1.00 bits per heavy atom. The smallest absolute Gasteiger partial charge is 0.416 e. The molecule has 1 amide bonds. The maximum absolute atomic E-state index is 12.8. The van der Waals surface area contributed by atoms with E-state index in [1.165, 1.54) is 36.6 Å². The molecule has 0 radical (unpaired) electrons. The van der Waals surface area contributed by atoms with E-state index >= 15 is 0 Å². The maximum atomic E-state index is 12.8. The predicted octanol–water partition coefficient (Wildman–Crippen LogP) is 4.20. The molecule has 0 bridgehead atoms. The summed E-state index contributed by atoms with van der Waals surface area (Å²) in [5.41, 5.74) is -0.412. The van der Waals surface area contributed by atoms with E-state index in [4.69, 9.17) is 4.42 Å². The third kappa shape index (κ3) is 5.05. The molecule has 0 fully saturated rings. The molecule has 0 saturated heterocycles. The van der Waals surface area contributed by atoms with E-state index in [9.17, 15) is 26.4 Å². The number of hydrogen-bond acceptors (Lipinski definition) is 4. The van der Waals surface area contributed by atoms with E-state index in [-0.39, 0.29) is 28.3 Å². The van der Waals surface area contributed by atoms with Crippen LogP contribution in [0.1, 0.15) is 27.2 Å². The first-order chi connectivity index (χ1) is 13.7. The Bertz CT molecular complexity index is 1110. The summed E-state index contributed by atoms with van der Waals surface area (Å²) < 4.78 is 68.5. The molecule has 29 heavy (non-hydrogen) atoms. The molecule has 1 heterocycles. The average molecular weight is 423 g/mol. The summed E-state index contributed by atoms with van der Waals surface area (Å²) in [6.45, 7) is -0.172. The van der Waals surface area contributed by atoms with Crippen LogP contribution in [0.4, 0.5) is 13.2 Å². The third-order valence-electron chi connectivity index (χ3n) is 4.11. The molecule has 3 rings (SSSR count). The molecule has 0 aliphatic rings. The van der Waals surface area contributed by atoms with Crippen LogP contribution in [-0.2, 0) is 28.3 Å². The first kappa shape index (κ1) is 20.7. The monoisotopic (exact) mass is 423 g/mol. The van der Waals surface area contributed by atoms with Crippen LogP contribution in [0, 0.1) is 0 Å². The number of halogens is 3. The fourth-order valence-corrected chi connectivity index (χ4v) is 4.06. The quantitative estimate of drug-likeness (QED) is 0.645. The second kappa shape index (κ2) is 8.12. The van der Waals surface area contributed by atoms with Gasteiger partial charge in [0.25, 0.3) is 5.91 Å². The van der Waals surface area contributed by atoms with Crippen molar-refractivity contribution in [3.05, 3.63) is 89.4 Å². The molecule has 0 atom stereocenters. The van der Waals surface area contributed by atoms with Gasteiger partial charge in [0.05, 0.1) is 22.5 Å². The lowest BCUT2D eigenvalue weighted by molar-refractivity contribution is -0.137. The minimum atomic E-state index is -4.49. The van der Waals surface area contributed by atoms with Gasteiger partial charge in [0.15, 0.2) is 15.6 Å². The van der Waals surface area contributed by atoms with E-state index in [1.54, 1.807) is 18.2 Å². The van der Waals surface area contributed by atoms with Crippen LogP contribution in [0.25, 0.3) is 0 Å². The van der Waals surface area contributed by atoms with Crippen molar-refractivity contribution in [1.82, 2.24) is 5.32 Å². The molecular formula is C20H16F3NO4S. The molecule has 2 aromatic carbocycles. The highest BCUT2D eigenvalue weighted by atomic mass is 32.2. The van der Waals surface area contributed by atoms with Crippen LogP contribution < -0.4 is 5.32 Å². The first-order valence-electron chi connectivity index (χ1n) is 8.45. The number of benzene rings is 2. The highest BCUT2D eigenvalue weighted by Gasteiger charge is 2.30. The standard InChI is InChI=1S/C20H16F3NO4S/c21-20(22,23)16-6-4-5-14(11-16)12-24-19(25)18-15(9-10-28-18)13-29(26,27)17-7-2-1-3-8-17/h1-11H,12-13H2,(H,24,25). The van der Waals surface area contributed by atoms with Gasteiger partial charge in [-0.1, -0.05) is 30.3 Å². The number of nitrogens with one attached hydrogen (secondary N) is 1. The van der Waals surface area contributed by atoms with Crippen molar-refractivity contribution in [3.8, 4) is 0 Å². The summed E-state index contributed by atoms with van der Waals surface area (Å²) in [6.07, 6.45) is -3.30. The molecule has 9 heteroatoms. The number of hydrogen-bond donors (Lipinski definition) is 1. The number of alkyl halides is 3. The molecule has 152 valence electrons. The lowest BCUT2D eigenvalue weighted by Gasteiger charge is -2.10. The number of sulfone groups is 1. The van der Waals surface area contributed by atoms with Crippen molar-refractivity contribution < 1.29 is 30.8 Å². The Labute approximate surface area is 165 Å². The van der Waals surface area contributed by atoms with Gasteiger partial charge in [-0.3, -0.25) is 4.79 Å². The first-order valence-corrected chi connectivity index (χ1v) is 10.1. The number of furan rings is 1. The largest absolute Gasteiger partial charge is 0.459 e. The Kier molecular flexibility index (Phi) is 5.78. The van der Waals surface area contributed by atoms with Crippen LogP contribution >= 0.6 is 0 Å². The normalized spacial score (nSPS) is 12.0. The summed E-state index contributed by atoms with van der Waals surface area (Å²) in [7, 11) is -3.69. The van der Waals surface area contributed by atoms with Gasteiger partial charge >= 0.3 is 6.18 Å². The van der Waals surface area contributed by atoms with Crippen molar-refractivity contribution in [1.29, 1.82) is 0 Å². The van der Waals surface area contributed by atoms with Gasteiger partial charge in [0, 0.05) is 12.1 Å². The third-order valence-corrected chi connectivity index (χ3v) is 5.79. The fourth-order valence-electron chi connectivity index (χ4n) is 2.68. The maximum Gasteiger partial charge on any atom is 0.416 e. The fraction of sp³-hybridized carbons (Fsp3) is 0.150. The van der Waals surface area contributed by atoms with E-state index in [1.807, 2.05) is 0 Å². The topological polar surface area (TPSA) is 76.4 Å². The SMILES string of the molecule is O=C(NCc1cccc(C(F)(F)F)c1)c1occc1CS(=O)(=O)c1ccccc1. The van der Waals surface area contributed by atoms with Gasteiger partial charge in [-0.15, -0.1) is 0 Å². The summed E-state index contributed by atoms with van der Waals surface area (Å²) in [4.78, 5) is 12.5. The van der Waals surface area contributed by atoms with E-state index in [0.717, 1.165) is 12.1 Å². The average Bonchev–Trinajstić information content (AvgIpc) is 3.14. The van der Waals surface area contributed by atoms with Crippen molar-refractivity contribution in [2.24, 2.45) is 0 Å². The van der Waals surface area contributed by atoms with Crippen molar-refractivity contribution in [2.45, 2.75) is 23.4 Å². The minimum absolute atomic E-state index is 0.108. The molecule has 1 aromatic heterocycles. The zero-order valence-corrected chi connectivity index (χ0v) is 15.8. The van der Waals surface area contributed by atoms with Crippen molar-refractivity contribution >= 4 is 15.7 Å². The lowest BCUT2D eigenvalue weighted by atomic mass is 10.1. The molecule has 0 aliphatic heterocycles. The van der Waals surface area contributed by atoms with Gasteiger partial charge in [-0.05, 0) is 35.9 Å². The Hall–Kier alpha value is -3.07. The van der Waals surface area contributed by atoms with E-state index < -0.39 is 33.2 Å². The molecule has 0 unspecified atom stereocenters. The summed E-state index contributed by atoms with van der Waals surface area (Å²) >= 11 is 0. The second-order valence-electron chi connectivity index (χ2n) is 6.23. The minimum Gasteiger partial charge on any atom is -0.459 e. The van der Waals surface area contributed by atoms with Crippen LogP contribution in [0.5, 0.6) is 0 Å². The Morgan fingerprint density at radius 2 is 1.72 bits per heavy atom. The van der Waals surface area contributed by atoms with Gasteiger partial charge < -0.3 is 9.73 Å². The number of carbonyl (C=O) groups is 1. The Balaban J connectivity index is 1.72. The zero-order valence-electron chi connectivity index (χ0n) is 14.9. The number of rotatable bonds is 6. The highest BCUT2D eigenvalue weighted by Crippen LogP contribution is 2.29. The van der Waals surface area contributed by atoms with Crippen molar-refractivity contribution in [3.63, 3.8) is 0 Å². The lowest BCUT2D eigenvalue weighted by Crippen LogP contribution is -2.24. The van der Waals surface area contributed by atoms with Crippen LogP contribution in [0.3, 0.4) is 0 Å². The van der Waals surface area contributed by atoms with Gasteiger partial charge in [-0.2, -0.15) is 13.2 Å². The second-order valence-corrected chi connectivity index (χ2v) is 8.22. The van der Waals surface area contributed by atoms with Gasteiger partial charge in [-0.25, -0.2) is 8.42 Å². The summed E-state index contributed by atoms with van der Waals surface area (Å²) in [5.74, 6) is -1.36. The Morgan fingerprint density at radius 3 is 2.41 bits per heavy atom. The van der Waals surface area contributed by atoms with Crippen LogP contribution in [-0.4, -0.2) is 14.3 Å². The zero-order chi connectivity index (χ0) is 21.1. The van der Waals surface area contributed by atoms with E-state index in [0.29, 0.717) is 0 Å². The van der Waals surface area contributed by atoms with Gasteiger partial charge in [0.2, 0.25) is 0 Å². The molecular weight excluding hydrogens is 407 g/mol. The molecule has 0 aliphatic carbocycles. The predicted molar refractivity (Wildman–Crippen MR) is 98.7 cm³/mol. The number of carbonyl (C=O) groups excluding carboxylic acids is 1. The van der Waals surface area contributed by atoms with E-state index in [2.05, 4.69) is 5.32 Å². The molecule has 5 nitrogen and oxygen atoms in total. The molecule has 0 spiro atoms. The summed E-state index contributed by atoms with van der Waals surface area (Å²) in [6, 6.07) is 13.7. The van der Waals surface area contributed by atoms with Crippen LogP contribution in [0.2, 0.25) is 0 Å².